The lowest BCUT2D eigenvalue weighted by molar-refractivity contribution is 0.590. The molecule has 2 aliphatic rings. The normalized spacial score (nSPS) is 14.7. The van der Waals surface area contributed by atoms with Crippen LogP contribution in [0, 0.1) is 0 Å². The maximum absolute atomic E-state index is 6.98. The van der Waals surface area contributed by atoms with Crippen molar-refractivity contribution in [2.24, 2.45) is 0 Å². The second kappa shape index (κ2) is 12.4. The van der Waals surface area contributed by atoms with Gasteiger partial charge >= 0.3 is 0 Å². The van der Waals surface area contributed by atoms with E-state index in [2.05, 4.69) is 205 Å². The Hall–Kier alpha value is -6.84. The minimum absolute atomic E-state index is 0.0245. The van der Waals surface area contributed by atoms with Gasteiger partial charge in [-0.15, -0.1) is 0 Å². The molecule has 296 valence electrons. The van der Waals surface area contributed by atoms with Gasteiger partial charge in [0.1, 0.15) is 22.3 Å². The Bertz CT molecular complexity index is 3460. The molecule has 2 heterocycles. The molecule has 2 aliphatic carbocycles. The molecule has 0 saturated carbocycles. The van der Waals surface area contributed by atoms with Crippen molar-refractivity contribution in [3.05, 3.63) is 186 Å². The maximum Gasteiger partial charge on any atom is 0.143 e. The fourth-order valence-corrected chi connectivity index (χ4v) is 10.8. The van der Waals surface area contributed by atoms with Crippen LogP contribution >= 0.6 is 0 Å². The molecule has 0 N–H and O–H groups in total. The van der Waals surface area contributed by atoms with Crippen LogP contribution in [0.15, 0.2) is 167 Å². The van der Waals surface area contributed by atoms with E-state index in [0.717, 1.165) is 66.7 Å². The highest BCUT2D eigenvalue weighted by molar-refractivity contribution is 6.14. The van der Waals surface area contributed by atoms with E-state index in [9.17, 15) is 0 Å². The van der Waals surface area contributed by atoms with Crippen molar-refractivity contribution in [2.75, 3.05) is 4.90 Å². The van der Waals surface area contributed by atoms with E-state index < -0.39 is 0 Å². The number of hydrogen-bond donors (Lipinski definition) is 0. The van der Waals surface area contributed by atoms with Crippen molar-refractivity contribution in [1.82, 2.24) is 0 Å². The van der Waals surface area contributed by atoms with Crippen LogP contribution in [0.1, 0.15) is 76.3 Å². The molecule has 0 radical (unpaired) electrons. The molecule has 3 heteroatoms. The Labute approximate surface area is 356 Å². The number of para-hydroxylation sites is 2. The summed E-state index contributed by atoms with van der Waals surface area (Å²) in [7, 11) is 0. The van der Waals surface area contributed by atoms with Crippen molar-refractivity contribution in [3.8, 4) is 33.4 Å². The van der Waals surface area contributed by atoms with Gasteiger partial charge in [-0.25, -0.2) is 0 Å². The van der Waals surface area contributed by atoms with Crippen LogP contribution in [0.4, 0.5) is 17.1 Å². The molecule has 61 heavy (non-hydrogen) atoms. The van der Waals surface area contributed by atoms with Gasteiger partial charge in [0.15, 0.2) is 0 Å². The van der Waals surface area contributed by atoms with Crippen molar-refractivity contribution in [3.63, 3.8) is 0 Å². The molecule has 10 aromatic rings. The van der Waals surface area contributed by atoms with Crippen LogP contribution in [0.3, 0.4) is 0 Å². The Morgan fingerprint density at radius 2 is 1.05 bits per heavy atom. The topological polar surface area (TPSA) is 29.5 Å². The van der Waals surface area contributed by atoms with Gasteiger partial charge in [-0.2, -0.15) is 0 Å². The zero-order valence-electron chi connectivity index (χ0n) is 35.8. The Balaban J connectivity index is 1.09. The van der Waals surface area contributed by atoms with Crippen molar-refractivity contribution in [2.45, 2.75) is 64.7 Å². The molecule has 0 atom stereocenters. The van der Waals surface area contributed by atoms with Gasteiger partial charge in [-0.05, 0) is 98.5 Å². The van der Waals surface area contributed by atoms with Crippen LogP contribution in [0.2, 0.25) is 0 Å². The SMILES string of the molecule is CC(C)(C)c1ccc2oc3c4c(ccc3c2c1)C(C)(C)c1cccc(N(c2ccc(-c3cccc5c3oc3ccccc35)cc2)c2ccc3c(c2)C(C)(C)c2ccccc2-3)c1-4. The summed E-state index contributed by atoms with van der Waals surface area (Å²) in [5, 5.41) is 4.60. The van der Waals surface area contributed by atoms with Crippen LogP contribution in [-0.2, 0) is 16.2 Å². The van der Waals surface area contributed by atoms with E-state index in [1.807, 2.05) is 6.07 Å². The highest BCUT2D eigenvalue weighted by Gasteiger charge is 2.41. The highest BCUT2D eigenvalue weighted by atomic mass is 16.3. The molecule has 0 amide bonds. The summed E-state index contributed by atoms with van der Waals surface area (Å²) in [6, 6.07) is 58.1. The van der Waals surface area contributed by atoms with Gasteiger partial charge < -0.3 is 13.7 Å². The lowest BCUT2D eigenvalue weighted by Gasteiger charge is -2.30. The quantitative estimate of drug-likeness (QED) is 0.178. The van der Waals surface area contributed by atoms with Crippen LogP contribution in [0.25, 0.3) is 77.3 Å². The molecule has 0 saturated heterocycles. The zero-order chi connectivity index (χ0) is 41.6. The fourth-order valence-electron chi connectivity index (χ4n) is 10.8. The second-order valence-corrected chi connectivity index (χ2v) is 19.3. The molecule has 0 bridgehead atoms. The largest absolute Gasteiger partial charge is 0.455 e. The van der Waals surface area contributed by atoms with Crippen LogP contribution < -0.4 is 4.90 Å². The minimum Gasteiger partial charge on any atom is -0.455 e. The molecule has 3 nitrogen and oxygen atoms in total. The first-order chi connectivity index (χ1) is 29.4. The third kappa shape index (κ3) is 5.04. The predicted molar refractivity (Wildman–Crippen MR) is 255 cm³/mol. The first kappa shape index (κ1) is 36.0. The Morgan fingerprint density at radius 1 is 0.426 bits per heavy atom. The third-order valence-corrected chi connectivity index (χ3v) is 14.1. The second-order valence-electron chi connectivity index (χ2n) is 19.3. The van der Waals surface area contributed by atoms with E-state index in [1.54, 1.807) is 0 Å². The molecule has 0 unspecified atom stereocenters. The number of rotatable bonds is 4. The predicted octanol–water partition coefficient (Wildman–Crippen LogP) is 16.5. The smallest absolute Gasteiger partial charge is 0.143 e. The summed E-state index contributed by atoms with van der Waals surface area (Å²) < 4.78 is 13.5. The molecule has 12 rings (SSSR count). The Kier molecular flexibility index (Phi) is 7.31. The summed E-state index contributed by atoms with van der Waals surface area (Å²) in [5.41, 5.74) is 20.5. The van der Waals surface area contributed by atoms with E-state index in [4.69, 9.17) is 8.83 Å². The summed E-state index contributed by atoms with van der Waals surface area (Å²) in [4.78, 5) is 2.48. The van der Waals surface area contributed by atoms with Gasteiger partial charge in [0.05, 0.1) is 5.69 Å². The van der Waals surface area contributed by atoms with Crippen molar-refractivity contribution in [1.29, 1.82) is 0 Å². The Morgan fingerprint density at radius 3 is 1.89 bits per heavy atom. The van der Waals surface area contributed by atoms with Gasteiger partial charge in [-0.1, -0.05) is 158 Å². The number of furan rings is 2. The first-order valence-corrected chi connectivity index (χ1v) is 21.6. The summed E-state index contributed by atoms with van der Waals surface area (Å²) in [6.07, 6.45) is 0. The summed E-state index contributed by atoms with van der Waals surface area (Å²) in [6.45, 7) is 16.3. The number of benzene rings is 8. The van der Waals surface area contributed by atoms with Crippen LogP contribution in [-0.4, -0.2) is 0 Å². The summed E-state index contributed by atoms with van der Waals surface area (Å²) >= 11 is 0. The molecule has 0 spiro atoms. The van der Waals surface area contributed by atoms with Crippen molar-refractivity contribution >= 4 is 60.9 Å². The molecule has 8 aromatic carbocycles. The average molecular weight is 790 g/mol. The van der Waals surface area contributed by atoms with E-state index in [-0.39, 0.29) is 16.2 Å². The zero-order valence-corrected chi connectivity index (χ0v) is 35.8. The van der Waals surface area contributed by atoms with Gasteiger partial charge in [0.2, 0.25) is 0 Å². The van der Waals surface area contributed by atoms with Crippen LogP contribution in [0.5, 0.6) is 0 Å². The van der Waals surface area contributed by atoms with Crippen molar-refractivity contribution < 1.29 is 8.83 Å². The first-order valence-electron chi connectivity index (χ1n) is 21.6. The van der Waals surface area contributed by atoms with E-state index in [0.29, 0.717) is 0 Å². The highest BCUT2D eigenvalue weighted by Crippen LogP contribution is 2.58. The number of fused-ring (bicyclic) bond motifs is 13. The van der Waals surface area contributed by atoms with E-state index >= 15 is 0 Å². The lowest BCUT2D eigenvalue weighted by atomic mass is 9.82. The fraction of sp³-hybridized carbons (Fsp3) is 0.172. The standard InChI is InChI=1S/C58H47NO2/c1-56(2,3)35-24-31-51-44(32-35)43-29-30-47-53(55(43)61-51)52-46(58(47,6)7)19-13-20-49(52)59(37-27-28-40-39-14-8-10-18-45(39)57(4,5)48(40)33-37)36-25-22-34(23-26-36)38-16-12-17-42-41-15-9-11-21-50(41)60-54(38)42/h8-33H,1-7H3. The number of hydrogen-bond acceptors (Lipinski definition) is 3. The molecular weight excluding hydrogens is 743 g/mol. The number of anilines is 3. The monoisotopic (exact) mass is 789 g/mol. The molecule has 2 aromatic heterocycles. The van der Waals surface area contributed by atoms with Gasteiger partial charge in [0, 0.05) is 60.4 Å². The summed E-state index contributed by atoms with van der Waals surface area (Å²) in [5.74, 6) is 0. The average Bonchev–Trinajstić information content (AvgIpc) is 3.96. The molecule has 0 aliphatic heterocycles. The lowest BCUT2D eigenvalue weighted by Crippen LogP contribution is -2.17. The molecular formula is C58H47NO2. The molecule has 0 fully saturated rings. The number of nitrogens with zero attached hydrogens (tertiary/aromatic N) is 1. The van der Waals surface area contributed by atoms with E-state index in [1.165, 1.54) is 55.5 Å². The maximum atomic E-state index is 6.98. The van der Waals surface area contributed by atoms with Gasteiger partial charge in [-0.3, -0.25) is 0 Å². The van der Waals surface area contributed by atoms with Gasteiger partial charge in [0.25, 0.3) is 0 Å². The third-order valence-electron chi connectivity index (χ3n) is 14.1. The minimum atomic E-state index is -0.243.